The fraction of sp³-hybridized carbons (Fsp3) is 0.300. The van der Waals surface area contributed by atoms with Crippen LogP contribution in [-0.4, -0.2) is 39.5 Å². The van der Waals surface area contributed by atoms with E-state index in [2.05, 4.69) is 5.32 Å². The molecule has 2 fully saturated rings. The number of para-hydroxylation sites is 1. The van der Waals surface area contributed by atoms with Gasteiger partial charge in [0.15, 0.2) is 0 Å². The van der Waals surface area contributed by atoms with Gasteiger partial charge in [-0.1, -0.05) is 29.8 Å². The highest BCUT2D eigenvalue weighted by Gasteiger charge is 2.69. The Hall–Kier alpha value is -2.75. The average Bonchev–Trinajstić information content (AvgIpc) is 3.31. The highest BCUT2D eigenvalue weighted by atomic mass is 35.5. The van der Waals surface area contributed by atoms with Crippen molar-refractivity contribution in [3.8, 4) is 0 Å². The lowest BCUT2D eigenvalue weighted by Gasteiger charge is -2.29. The standard InChI is InChI=1S/C20H17ClN2O6S/c1-9-4-2-3-5-10(9)23-17(26)14-15(18(23)27)20(19(28)29,8-13(24)25)22-16(14)11-6-7-12(21)30-11/h2-7,14-16,22H,8H2,1H3,(H,24,25)(H,28,29). The molecule has 3 N–H and O–H groups in total. The van der Waals surface area contributed by atoms with Crippen LogP contribution in [0, 0.1) is 18.8 Å². The van der Waals surface area contributed by atoms with Crippen molar-refractivity contribution in [2.24, 2.45) is 11.8 Å². The Morgan fingerprint density at radius 1 is 1.17 bits per heavy atom. The predicted octanol–water partition coefficient (Wildman–Crippen LogP) is 2.46. The van der Waals surface area contributed by atoms with E-state index in [4.69, 9.17) is 11.6 Å². The Bertz CT molecular complexity index is 1080. The molecule has 2 saturated heterocycles. The molecule has 4 atom stereocenters. The number of carboxylic acids is 2. The third-order valence-electron chi connectivity index (χ3n) is 5.72. The number of carbonyl (C=O) groups is 4. The van der Waals surface area contributed by atoms with Gasteiger partial charge in [0.05, 0.1) is 34.3 Å². The number of hydrogen-bond acceptors (Lipinski definition) is 6. The summed E-state index contributed by atoms with van der Waals surface area (Å²) in [7, 11) is 0. The molecule has 0 spiro atoms. The highest BCUT2D eigenvalue weighted by molar-refractivity contribution is 7.16. The van der Waals surface area contributed by atoms with E-state index in [0.717, 1.165) is 16.2 Å². The summed E-state index contributed by atoms with van der Waals surface area (Å²) in [6.07, 6.45) is -0.847. The topological polar surface area (TPSA) is 124 Å². The average molecular weight is 449 g/mol. The largest absolute Gasteiger partial charge is 0.481 e. The number of carbonyl (C=O) groups excluding carboxylic acids is 2. The smallest absolute Gasteiger partial charge is 0.325 e. The summed E-state index contributed by atoms with van der Waals surface area (Å²) in [6.45, 7) is 1.74. The van der Waals surface area contributed by atoms with E-state index >= 15 is 0 Å². The summed E-state index contributed by atoms with van der Waals surface area (Å²) in [5, 5.41) is 22.2. The number of fused-ring (bicyclic) bond motifs is 1. The summed E-state index contributed by atoms with van der Waals surface area (Å²) < 4.78 is 0.432. The number of halogens is 1. The fourth-order valence-electron chi connectivity index (χ4n) is 4.47. The van der Waals surface area contributed by atoms with Crippen molar-refractivity contribution in [2.75, 3.05) is 4.90 Å². The molecule has 2 aliphatic heterocycles. The van der Waals surface area contributed by atoms with Gasteiger partial charge in [-0.3, -0.25) is 24.5 Å². The van der Waals surface area contributed by atoms with Gasteiger partial charge in [0.25, 0.3) is 0 Å². The number of aliphatic carboxylic acids is 2. The normalized spacial score (nSPS) is 28.1. The van der Waals surface area contributed by atoms with Gasteiger partial charge in [0.1, 0.15) is 5.54 Å². The molecule has 4 rings (SSSR count). The molecular formula is C20H17ClN2O6S. The Kier molecular flexibility index (Phi) is 4.92. The molecule has 4 unspecified atom stereocenters. The maximum absolute atomic E-state index is 13.4. The lowest BCUT2D eigenvalue weighted by Crippen LogP contribution is -2.57. The van der Waals surface area contributed by atoms with E-state index in [-0.39, 0.29) is 0 Å². The van der Waals surface area contributed by atoms with E-state index in [1.54, 1.807) is 43.3 Å². The predicted molar refractivity (Wildman–Crippen MR) is 108 cm³/mol. The molecule has 156 valence electrons. The van der Waals surface area contributed by atoms with Crippen LogP contribution >= 0.6 is 22.9 Å². The van der Waals surface area contributed by atoms with Crippen molar-refractivity contribution in [3.05, 3.63) is 51.2 Å². The molecule has 3 heterocycles. The zero-order valence-electron chi connectivity index (χ0n) is 15.7. The monoisotopic (exact) mass is 448 g/mol. The van der Waals surface area contributed by atoms with Crippen molar-refractivity contribution in [2.45, 2.75) is 24.9 Å². The van der Waals surface area contributed by atoms with Crippen LogP contribution < -0.4 is 10.2 Å². The molecule has 0 saturated carbocycles. The van der Waals surface area contributed by atoms with E-state index in [9.17, 15) is 29.4 Å². The van der Waals surface area contributed by atoms with Gasteiger partial charge >= 0.3 is 11.9 Å². The molecule has 0 radical (unpaired) electrons. The Balaban J connectivity index is 1.89. The summed E-state index contributed by atoms with van der Waals surface area (Å²) in [6, 6.07) is 9.18. The van der Waals surface area contributed by atoms with Crippen molar-refractivity contribution in [3.63, 3.8) is 0 Å². The second-order valence-corrected chi connectivity index (χ2v) is 9.16. The van der Waals surface area contributed by atoms with E-state index < -0.39 is 53.6 Å². The maximum Gasteiger partial charge on any atom is 0.325 e. The van der Waals surface area contributed by atoms with Gasteiger partial charge in [0, 0.05) is 4.88 Å². The molecule has 2 aliphatic rings. The molecule has 0 bridgehead atoms. The lowest BCUT2D eigenvalue weighted by molar-refractivity contribution is -0.154. The molecule has 2 aromatic rings. The first kappa shape index (κ1) is 20.5. The number of hydrogen-bond donors (Lipinski definition) is 3. The highest BCUT2D eigenvalue weighted by Crippen LogP contribution is 2.52. The number of amides is 2. The van der Waals surface area contributed by atoms with Crippen LogP contribution in [0.15, 0.2) is 36.4 Å². The summed E-state index contributed by atoms with van der Waals surface area (Å²) in [5.74, 6) is -6.59. The van der Waals surface area contributed by atoms with Crippen LogP contribution in [0.1, 0.15) is 22.9 Å². The van der Waals surface area contributed by atoms with Crippen molar-refractivity contribution < 1.29 is 29.4 Å². The first-order chi connectivity index (χ1) is 14.2. The van der Waals surface area contributed by atoms with Crippen LogP contribution in [0.2, 0.25) is 4.34 Å². The van der Waals surface area contributed by atoms with Crippen molar-refractivity contribution in [1.29, 1.82) is 0 Å². The third kappa shape index (κ3) is 2.92. The number of aryl methyl sites for hydroxylation is 1. The first-order valence-electron chi connectivity index (χ1n) is 9.09. The van der Waals surface area contributed by atoms with Gasteiger partial charge in [-0.15, -0.1) is 11.3 Å². The van der Waals surface area contributed by atoms with Gasteiger partial charge in [-0.25, -0.2) is 4.90 Å². The summed E-state index contributed by atoms with van der Waals surface area (Å²) in [4.78, 5) is 52.3. The number of anilines is 1. The third-order valence-corrected chi connectivity index (χ3v) is 7.04. The minimum Gasteiger partial charge on any atom is -0.481 e. The van der Waals surface area contributed by atoms with Crippen LogP contribution in [0.5, 0.6) is 0 Å². The van der Waals surface area contributed by atoms with Crippen LogP contribution in [-0.2, 0) is 19.2 Å². The zero-order valence-corrected chi connectivity index (χ0v) is 17.2. The van der Waals surface area contributed by atoms with Crippen LogP contribution in [0.3, 0.4) is 0 Å². The molecule has 1 aromatic heterocycles. The quantitative estimate of drug-likeness (QED) is 0.600. The molecular weight excluding hydrogens is 432 g/mol. The minimum absolute atomic E-state index is 0.361. The Labute approximate surface area is 180 Å². The van der Waals surface area contributed by atoms with Gasteiger partial charge in [-0.05, 0) is 30.7 Å². The van der Waals surface area contributed by atoms with Gasteiger partial charge < -0.3 is 10.2 Å². The minimum atomic E-state index is -2.12. The SMILES string of the molecule is Cc1ccccc1N1C(=O)C2C(c3ccc(Cl)s3)NC(CC(=O)O)(C(=O)O)C2C1=O. The molecule has 8 nitrogen and oxygen atoms in total. The molecule has 10 heteroatoms. The van der Waals surface area contributed by atoms with E-state index in [1.165, 1.54) is 0 Å². The molecule has 0 aliphatic carbocycles. The summed E-state index contributed by atoms with van der Waals surface area (Å²) in [5.41, 5.74) is -1.09. The lowest BCUT2D eigenvalue weighted by atomic mass is 9.78. The molecule has 1 aromatic carbocycles. The second-order valence-electron chi connectivity index (χ2n) is 7.41. The van der Waals surface area contributed by atoms with Gasteiger partial charge in [-0.2, -0.15) is 0 Å². The molecule has 30 heavy (non-hydrogen) atoms. The Morgan fingerprint density at radius 2 is 1.87 bits per heavy atom. The number of nitrogens with one attached hydrogen (secondary N) is 1. The second kappa shape index (κ2) is 7.19. The van der Waals surface area contributed by atoms with Crippen LogP contribution in [0.25, 0.3) is 0 Å². The number of imide groups is 1. The maximum atomic E-state index is 13.4. The molecule has 2 amide bonds. The number of nitrogens with zero attached hydrogens (tertiary/aromatic N) is 1. The van der Waals surface area contributed by atoms with Crippen molar-refractivity contribution in [1.82, 2.24) is 5.32 Å². The van der Waals surface area contributed by atoms with Gasteiger partial charge in [0.2, 0.25) is 11.8 Å². The Morgan fingerprint density at radius 3 is 2.43 bits per heavy atom. The number of carboxylic acid groups (broad SMARTS) is 2. The van der Waals surface area contributed by atoms with E-state index in [1.807, 2.05) is 0 Å². The first-order valence-corrected chi connectivity index (χ1v) is 10.3. The zero-order chi connectivity index (χ0) is 21.8. The number of benzene rings is 1. The van der Waals surface area contributed by atoms with Crippen molar-refractivity contribution >= 4 is 52.4 Å². The number of thiophene rings is 1. The fourth-order valence-corrected chi connectivity index (χ4v) is 5.63. The van der Waals surface area contributed by atoms with Crippen LogP contribution in [0.4, 0.5) is 5.69 Å². The van der Waals surface area contributed by atoms with E-state index in [0.29, 0.717) is 20.5 Å². The summed E-state index contributed by atoms with van der Waals surface area (Å²) >= 11 is 7.18. The number of rotatable bonds is 5.